The molecule has 0 aliphatic carbocycles. The molecule has 2 N–H and O–H groups in total. The minimum Gasteiger partial charge on any atom is -0.378 e. The Hall–Kier alpha value is -3.08. The van der Waals surface area contributed by atoms with Crippen LogP contribution in [0.4, 0.5) is 11.6 Å². The van der Waals surface area contributed by atoms with Crippen molar-refractivity contribution in [3.63, 3.8) is 0 Å². The van der Waals surface area contributed by atoms with Crippen LogP contribution in [0.3, 0.4) is 0 Å². The lowest BCUT2D eigenvalue weighted by molar-refractivity contribution is 0.906. The van der Waals surface area contributed by atoms with Gasteiger partial charge in [-0.3, -0.25) is 0 Å². The first-order valence-corrected chi connectivity index (χ1v) is 7.76. The molecule has 24 heavy (non-hydrogen) atoms. The zero-order valence-electron chi connectivity index (χ0n) is 14.1. The van der Waals surface area contributed by atoms with Crippen LogP contribution >= 0.6 is 0 Å². The number of benzene rings is 2. The minimum atomic E-state index is 0.367. The Balaban J connectivity index is 1.89. The smallest absolute Gasteiger partial charge is 0.221 e. The second-order valence-electron chi connectivity index (χ2n) is 5.91. The van der Waals surface area contributed by atoms with Crippen molar-refractivity contribution < 1.29 is 0 Å². The highest BCUT2D eigenvalue weighted by Gasteiger charge is 2.08. The molecule has 0 unspecified atom stereocenters. The molecule has 0 radical (unpaired) electrons. The molecule has 0 saturated carbocycles. The second-order valence-corrected chi connectivity index (χ2v) is 5.91. The number of nitrogens with two attached hydrogens (primary N) is 1. The molecule has 2 aromatic carbocycles. The molecule has 122 valence electrons. The molecule has 5 heteroatoms. The highest BCUT2D eigenvalue weighted by molar-refractivity contribution is 5.80. The number of aromatic nitrogens is 2. The van der Waals surface area contributed by atoms with Crippen molar-refractivity contribution in [1.29, 1.82) is 0 Å². The van der Waals surface area contributed by atoms with Crippen LogP contribution in [0, 0.1) is 6.92 Å². The lowest BCUT2D eigenvalue weighted by atomic mass is 10.1. The first-order valence-electron chi connectivity index (χ1n) is 7.76. The third-order valence-corrected chi connectivity index (χ3v) is 3.84. The maximum absolute atomic E-state index is 5.97. The lowest BCUT2D eigenvalue weighted by Crippen LogP contribution is -2.08. The highest BCUT2D eigenvalue weighted by atomic mass is 15.4. The van der Waals surface area contributed by atoms with Gasteiger partial charge in [0.2, 0.25) is 5.95 Å². The maximum Gasteiger partial charge on any atom is 0.221 e. The summed E-state index contributed by atoms with van der Waals surface area (Å²) in [6, 6.07) is 16.4. The summed E-state index contributed by atoms with van der Waals surface area (Å²) in [5, 5.41) is 4.50. The van der Waals surface area contributed by atoms with E-state index in [2.05, 4.69) is 46.2 Å². The molecule has 0 bridgehead atoms. The van der Waals surface area contributed by atoms with Crippen molar-refractivity contribution in [3.05, 3.63) is 65.9 Å². The standard InChI is InChI=1S/C19H21N5/c1-14-4-8-16(9-5-14)18-13-21-19(20)24(18)22-12-15-6-10-17(11-7-15)23(2)3/h4-13H,1-3H3,(H2,20,21). The number of aryl methyl sites for hydroxylation is 1. The molecule has 5 nitrogen and oxygen atoms in total. The van der Waals surface area contributed by atoms with E-state index in [9.17, 15) is 0 Å². The number of nitrogen functional groups attached to an aromatic ring is 1. The van der Waals surface area contributed by atoms with Gasteiger partial charge in [0, 0.05) is 25.3 Å². The summed E-state index contributed by atoms with van der Waals surface area (Å²) in [6.07, 6.45) is 3.53. The van der Waals surface area contributed by atoms with Gasteiger partial charge in [0.1, 0.15) is 0 Å². The van der Waals surface area contributed by atoms with Crippen LogP contribution in [0.15, 0.2) is 59.8 Å². The Morgan fingerprint density at radius 3 is 2.33 bits per heavy atom. The fraction of sp³-hybridized carbons (Fsp3) is 0.158. The van der Waals surface area contributed by atoms with E-state index in [4.69, 9.17) is 5.73 Å². The van der Waals surface area contributed by atoms with Crippen molar-refractivity contribution in [3.8, 4) is 11.3 Å². The predicted molar refractivity (Wildman–Crippen MR) is 101 cm³/mol. The topological polar surface area (TPSA) is 59.4 Å². The molecular formula is C19H21N5. The summed E-state index contributed by atoms with van der Waals surface area (Å²) in [7, 11) is 4.03. The van der Waals surface area contributed by atoms with Gasteiger partial charge in [0.25, 0.3) is 0 Å². The quantitative estimate of drug-likeness (QED) is 0.750. The molecule has 3 rings (SSSR count). The minimum absolute atomic E-state index is 0.367. The van der Waals surface area contributed by atoms with Gasteiger partial charge >= 0.3 is 0 Å². The van der Waals surface area contributed by atoms with Crippen molar-refractivity contribution in [1.82, 2.24) is 9.66 Å². The van der Waals surface area contributed by atoms with Gasteiger partial charge in [-0.1, -0.05) is 42.0 Å². The summed E-state index contributed by atoms with van der Waals surface area (Å²) in [5.41, 5.74) is 11.2. The van der Waals surface area contributed by atoms with Gasteiger partial charge in [-0.25, -0.2) is 4.98 Å². The Morgan fingerprint density at radius 2 is 1.71 bits per heavy atom. The number of imidazole rings is 1. The van der Waals surface area contributed by atoms with E-state index in [1.807, 2.05) is 38.4 Å². The molecule has 0 amide bonds. The molecule has 0 fully saturated rings. The van der Waals surface area contributed by atoms with E-state index >= 15 is 0 Å². The summed E-state index contributed by atoms with van der Waals surface area (Å²) in [5.74, 6) is 0.367. The van der Waals surface area contributed by atoms with Crippen LogP contribution in [0.1, 0.15) is 11.1 Å². The largest absolute Gasteiger partial charge is 0.378 e. The third kappa shape index (κ3) is 3.30. The van der Waals surface area contributed by atoms with Gasteiger partial charge in [0.15, 0.2) is 0 Å². The van der Waals surface area contributed by atoms with Crippen molar-refractivity contribution >= 4 is 17.9 Å². The van der Waals surface area contributed by atoms with Gasteiger partial charge in [-0.2, -0.15) is 9.78 Å². The monoisotopic (exact) mass is 319 g/mol. The van der Waals surface area contributed by atoms with Crippen LogP contribution in [0.5, 0.6) is 0 Å². The van der Waals surface area contributed by atoms with Gasteiger partial charge in [0.05, 0.1) is 18.1 Å². The third-order valence-electron chi connectivity index (χ3n) is 3.84. The fourth-order valence-corrected chi connectivity index (χ4v) is 2.39. The zero-order chi connectivity index (χ0) is 17.1. The summed E-state index contributed by atoms with van der Waals surface area (Å²) in [6.45, 7) is 2.06. The molecule has 0 aliphatic rings. The molecule has 0 atom stereocenters. The fourth-order valence-electron chi connectivity index (χ4n) is 2.39. The normalized spacial score (nSPS) is 11.1. The van der Waals surface area contributed by atoms with Gasteiger partial charge < -0.3 is 10.6 Å². The second kappa shape index (κ2) is 6.58. The molecule has 3 aromatic rings. The Kier molecular flexibility index (Phi) is 4.33. The average molecular weight is 319 g/mol. The van der Waals surface area contributed by atoms with E-state index in [-0.39, 0.29) is 0 Å². The SMILES string of the molecule is Cc1ccc(-c2cnc(N)n2N=Cc2ccc(N(C)C)cc2)cc1. The first kappa shape index (κ1) is 15.8. The average Bonchev–Trinajstić information content (AvgIpc) is 2.95. The van der Waals surface area contributed by atoms with E-state index in [1.54, 1.807) is 17.1 Å². The number of hydrogen-bond donors (Lipinski definition) is 1. The van der Waals surface area contributed by atoms with Crippen LogP contribution in [0.2, 0.25) is 0 Å². The van der Waals surface area contributed by atoms with E-state index in [0.717, 1.165) is 22.5 Å². The number of hydrogen-bond acceptors (Lipinski definition) is 4. The highest BCUT2D eigenvalue weighted by Crippen LogP contribution is 2.22. The molecule has 1 heterocycles. The van der Waals surface area contributed by atoms with E-state index < -0.39 is 0 Å². The van der Waals surface area contributed by atoms with Crippen molar-refractivity contribution in [2.45, 2.75) is 6.92 Å². The van der Waals surface area contributed by atoms with Crippen molar-refractivity contribution in [2.75, 3.05) is 24.7 Å². The molecule has 0 saturated heterocycles. The van der Waals surface area contributed by atoms with E-state index in [0.29, 0.717) is 5.95 Å². The van der Waals surface area contributed by atoms with Crippen LogP contribution in [-0.2, 0) is 0 Å². The molecule has 0 spiro atoms. The first-order chi connectivity index (χ1) is 11.5. The Labute approximate surface area is 142 Å². The summed E-state index contributed by atoms with van der Waals surface area (Å²) >= 11 is 0. The van der Waals surface area contributed by atoms with Crippen LogP contribution in [-0.4, -0.2) is 30.0 Å². The maximum atomic E-state index is 5.97. The Bertz CT molecular complexity index is 842. The Morgan fingerprint density at radius 1 is 1.04 bits per heavy atom. The van der Waals surface area contributed by atoms with Gasteiger partial charge in [-0.05, 0) is 24.6 Å². The number of rotatable bonds is 4. The molecule has 1 aromatic heterocycles. The summed E-state index contributed by atoms with van der Waals surface area (Å²) in [4.78, 5) is 6.25. The van der Waals surface area contributed by atoms with Crippen molar-refractivity contribution in [2.24, 2.45) is 5.10 Å². The number of nitrogens with zero attached hydrogens (tertiary/aromatic N) is 4. The van der Waals surface area contributed by atoms with Crippen LogP contribution in [0.25, 0.3) is 11.3 Å². The van der Waals surface area contributed by atoms with Crippen LogP contribution < -0.4 is 10.6 Å². The number of anilines is 2. The van der Waals surface area contributed by atoms with Gasteiger partial charge in [-0.15, -0.1) is 0 Å². The molecule has 0 aliphatic heterocycles. The molecular weight excluding hydrogens is 298 g/mol. The summed E-state index contributed by atoms with van der Waals surface area (Å²) < 4.78 is 1.66. The zero-order valence-corrected chi connectivity index (χ0v) is 14.1. The van der Waals surface area contributed by atoms with E-state index in [1.165, 1.54) is 5.56 Å². The predicted octanol–water partition coefficient (Wildman–Crippen LogP) is 3.39. The lowest BCUT2D eigenvalue weighted by Gasteiger charge is -2.11.